The summed E-state index contributed by atoms with van der Waals surface area (Å²) in [6.07, 6.45) is 2.15. The van der Waals surface area contributed by atoms with E-state index < -0.39 is 11.9 Å². The van der Waals surface area contributed by atoms with E-state index in [1.807, 2.05) is 32.0 Å². The van der Waals surface area contributed by atoms with Crippen molar-refractivity contribution in [2.24, 2.45) is 11.8 Å². The first-order valence-electron chi connectivity index (χ1n) is 6.34. The lowest BCUT2D eigenvalue weighted by Crippen LogP contribution is -2.25. The van der Waals surface area contributed by atoms with Crippen LogP contribution >= 0.6 is 0 Å². The predicted molar refractivity (Wildman–Crippen MR) is 68.7 cm³/mol. The zero-order valence-corrected chi connectivity index (χ0v) is 10.8. The third-order valence-corrected chi connectivity index (χ3v) is 3.68. The minimum atomic E-state index is -0.838. The van der Waals surface area contributed by atoms with E-state index in [0.29, 0.717) is 18.4 Å². The van der Waals surface area contributed by atoms with Crippen molar-refractivity contribution in [3.05, 3.63) is 34.9 Å². The number of hydrogen-bond donors (Lipinski definition) is 1. The van der Waals surface area contributed by atoms with Crippen molar-refractivity contribution in [1.29, 1.82) is 0 Å². The van der Waals surface area contributed by atoms with Crippen molar-refractivity contribution >= 4 is 11.8 Å². The maximum Gasteiger partial charge on any atom is 0.307 e. The number of aryl methyl sites for hydroxylation is 2. The minimum absolute atomic E-state index is 0.00769. The molecule has 0 saturated heterocycles. The number of carboxylic acids is 1. The van der Waals surface area contributed by atoms with Crippen molar-refractivity contribution in [2.45, 2.75) is 33.1 Å². The number of rotatable bonds is 3. The fourth-order valence-corrected chi connectivity index (χ4v) is 2.90. The van der Waals surface area contributed by atoms with Crippen LogP contribution in [0.4, 0.5) is 0 Å². The molecular formula is C15H18O3. The lowest BCUT2D eigenvalue weighted by Gasteiger charge is -2.15. The summed E-state index contributed by atoms with van der Waals surface area (Å²) in [4.78, 5) is 23.5. The van der Waals surface area contributed by atoms with Crippen LogP contribution in [0, 0.1) is 25.7 Å². The second kappa shape index (κ2) is 4.92. The van der Waals surface area contributed by atoms with Crippen LogP contribution in [0.15, 0.2) is 18.2 Å². The molecule has 2 rings (SSSR count). The van der Waals surface area contributed by atoms with Crippen LogP contribution in [-0.4, -0.2) is 16.9 Å². The van der Waals surface area contributed by atoms with Gasteiger partial charge in [-0.15, -0.1) is 0 Å². The van der Waals surface area contributed by atoms with Crippen molar-refractivity contribution in [1.82, 2.24) is 0 Å². The number of aliphatic carboxylic acids is 1. The van der Waals surface area contributed by atoms with Gasteiger partial charge < -0.3 is 5.11 Å². The van der Waals surface area contributed by atoms with Crippen LogP contribution in [0.25, 0.3) is 0 Å². The molecule has 96 valence electrons. The average Bonchev–Trinajstić information content (AvgIpc) is 2.75. The lowest BCUT2D eigenvalue weighted by molar-refractivity contribution is -0.142. The van der Waals surface area contributed by atoms with Gasteiger partial charge in [0.25, 0.3) is 0 Å². The van der Waals surface area contributed by atoms with Gasteiger partial charge in [0, 0.05) is 11.5 Å². The van der Waals surface area contributed by atoms with Crippen molar-refractivity contribution < 1.29 is 14.7 Å². The third-order valence-electron chi connectivity index (χ3n) is 3.68. The summed E-state index contributed by atoms with van der Waals surface area (Å²) in [6, 6.07) is 5.72. The Morgan fingerprint density at radius 3 is 2.17 bits per heavy atom. The van der Waals surface area contributed by atoms with Gasteiger partial charge in [-0.05, 0) is 38.8 Å². The Bertz CT molecular complexity index is 470. The highest BCUT2D eigenvalue weighted by atomic mass is 16.4. The predicted octanol–water partition coefficient (Wildman–Crippen LogP) is 2.99. The summed E-state index contributed by atoms with van der Waals surface area (Å²) in [6.45, 7) is 3.90. The molecule has 1 aromatic rings. The quantitative estimate of drug-likeness (QED) is 0.834. The van der Waals surface area contributed by atoms with Crippen LogP contribution in [0.1, 0.15) is 40.7 Å². The molecule has 1 aliphatic carbocycles. The van der Waals surface area contributed by atoms with Gasteiger partial charge >= 0.3 is 5.97 Å². The largest absolute Gasteiger partial charge is 0.481 e. The van der Waals surface area contributed by atoms with E-state index in [9.17, 15) is 9.59 Å². The van der Waals surface area contributed by atoms with E-state index in [2.05, 4.69) is 0 Å². The maximum absolute atomic E-state index is 12.4. The Labute approximate surface area is 107 Å². The molecule has 0 heterocycles. The van der Waals surface area contributed by atoms with Gasteiger partial charge in [-0.3, -0.25) is 9.59 Å². The Morgan fingerprint density at radius 1 is 1.06 bits per heavy atom. The monoisotopic (exact) mass is 246 g/mol. The molecule has 1 aliphatic rings. The number of Topliss-reactive ketones (excluding diaryl/α,β-unsaturated/α-hetero) is 1. The molecule has 1 fully saturated rings. The molecule has 0 radical (unpaired) electrons. The fraction of sp³-hybridized carbons (Fsp3) is 0.467. The van der Waals surface area contributed by atoms with Gasteiger partial charge in [-0.25, -0.2) is 0 Å². The number of hydrogen-bond acceptors (Lipinski definition) is 2. The molecule has 3 nitrogen and oxygen atoms in total. The Kier molecular flexibility index (Phi) is 3.50. The Balaban J connectivity index is 2.28. The van der Waals surface area contributed by atoms with Gasteiger partial charge in [0.05, 0.1) is 5.92 Å². The van der Waals surface area contributed by atoms with E-state index in [-0.39, 0.29) is 11.7 Å². The first-order valence-corrected chi connectivity index (χ1v) is 6.34. The Morgan fingerprint density at radius 2 is 1.61 bits per heavy atom. The van der Waals surface area contributed by atoms with Crippen molar-refractivity contribution in [3.8, 4) is 0 Å². The highest BCUT2D eigenvalue weighted by Gasteiger charge is 2.37. The van der Waals surface area contributed by atoms with Crippen LogP contribution in [0.2, 0.25) is 0 Å². The summed E-state index contributed by atoms with van der Waals surface area (Å²) >= 11 is 0. The van der Waals surface area contributed by atoms with E-state index in [1.165, 1.54) is 0 Å². The second-order valence-electron chi connectivity index (χ2n) is 5.22. The SMILES string of the molecule is Cc1cc(C)cc(C(=O)[C@@H]2CCC[C@@H]2C(=O)O)c1. The van der Waals surface area contributed by atoms with Gasteiger partial charge in [0.15, 0.2) is 5.78 Å². The van der Waals surface area contributed by atoms with E-state index >= 15 is 0 Å². The van der Waals surface area contributed by atoms with Crippen LogP contribution in [0.5, 0.6) is 0 Å². The number of ketones is 1. The molecule has 2 atom stereocenters. The number of benzene rings is 1. The summed E-state index contributed by atoms with van der Waals surface area (Å²) < 4.78 is 0. The zero-order valence-electron chi connectivity index (χ0n) is 10.8. The smallest absolute Gasteiger partial charge is 0.307 e. The molecule has 0 aromatic heterocycles. The number of carbonyl (C=O) groups is 2. The molecule has 1 N–H and O–H groups in total. The molecule has 0 spiro atoms. The standard InChI is InChI=1S/C15H18O3/c1-9-6-10(2)8-11(7-9)14(16)12-4-3-5-13(12)15(17)18/h6-8,12-13H,3-5H2,1-2H3,(H,17,18)/t12-,13+/m1/s1. The molecule has 1 saturated carbocycles. The maximum atomic E-state index is 12.4. The molecule has 0 unspecified atom stereocenters. The summed E-state index contributed by atoms with van der Waals surface area (Å²) in [5.41, 5.74) is 2.75. The highest BCUT2D eigenvalue weighted by Crippen LogP contribution is 2.34. The molecule has 0 bridgehead atoms. The van der Waals surface area contributed by atoms with Gasteiger partial charge in [0.1, 0.15) is 0 Å². The van der Waals surface area contributed by atoms with Crippen molar-refractivity contribution in [2.75, 3.05) is 0 Å². The first-order chi connectivity index (χ1) is 8.49. The molecule has 3 heteroatoms. The Hall–Kier alpha value is -1.64. The highest BCUT2D eigenvalue weighted by molar-refractivity contribution is 6.00. The van der Waals surface area contributed by atoms with Crippen LogP contribution < -0.4 is 0 Å². The molecule has 1 aromatic carbocycles. The minimum Gasteiger partial charge on any atom is -0.481 e. The molecule has 18 heavy (non-hydrogen) atoms. The normalized spacial score (nSPS) is 23.0. The van der Waals surface area contributed by atoms with Crippen molar-refractivity contribution in [3.63, 3.8) is 0 Å². The first kappa shape index (κ1) is 12.8. The average molecular weight is 246 g/mol. The fourth-order valence-electron chi connectivity index (χ4n) is 2.90. The van der Waals surface area contributed by atoms with E-state index in [4.69, 9.17) is 5.11 Å². The van der Waals surface area contributed by atoms with Crippen LogP contribution in [-0.2, 0) is 4.79 Å². The second-order valence-corrected chi connectivity index (χ2v) is 5.22. The zero-order chi connectivity index (χ0) is 13.3. The third kappa shape index (κ3) is 2.45. The summed E-state index contributed by atoms with van der Waals surface area (Å²) in [7, 11) is 0. The number of carboxylic acid groups (broad SMARTS) is 1. The van der Waals surface area contributed by atoms with E-state index in [1.54, 1.807) is 0 Å². The summed E-state index contributed by atoms with van der Waals surface area (Å²) in [5.74, 6) is -1.69. The van der Waals surface area contributed by atoms with E-state index in [0.717, 1.165) is 17.5 Å². The van der Waals surface area contributed by atoms with Gasteiger partial charge in [-0.1, -0.05) is 23.6 Å². The van der Waals surface area contributed by atoms with Gasteiger partial charge in [-0.2, -0.15) is 0 Å². The number of carbonyl (C=O) groups excluding carboxylic acids is 1. The molecule has 0 amide bonds. The topological polar surface area (TPSA) is 54.4 Å². The van der Waals surface area contributed by atoms with Crippen LogP contribution in [0.3, 0.4) is 0 Å². The molecular weight excluding hydrogens is 228 g/mol. The summed E-state index contributed by atoms with van der Waals surface area (Å²) in [5, 5.41) is 9.14. The lowest BCUT2D eigenvalue weighted by atomic mass is 9.87. The molecule has 0 aliphatic heterocycles. The van der Waals surface area contributed by atoms with Gasteiger partial charge in [0.2, 0.25) is 0 Å².